The lowest BCUT2D eigenvalue weighted by Gasteiger charge is -2.38. The summed E-state index contributed by atoms with van der Waals surface area (Å²) < 4.78 is 13.8. The Balaban J connectivity index is 0.879. The molecule has 11 rings (SSSR count). The van der Waals surface area contributed by atoms with E-state index in [1.54, 1.807) is 0 Å². The molecule has 3 aliphatic rings. The standard InChI is InChI=1S/C72H74O3/c1-8-10-12-13-50-17-20-52(21-18-50)53-22-24-54(25-23-53)55-26-28-56(29-27-55)67(73)45-51-19-38-61(49(5)44-51)57-30-39-62-65(46-57)68-63-37-16-48(4)43-66(63)71(6,7)69(68)64-40-41-72(75-70(62)64,58-31-14-47(3)15-32-58)59-33-35-60(36-34-59)74-42-11-9-2/h14-16,19,22-41,43-44,46,50,52H,8-13,17-18,20-21,42,45H2,1-7H3. The first kappa shape index (κ1) is 50.2. The van der Waals surface area contributed by atoms with Crippen molar-refractivity contribution >= 4 is 22.6 Å². The molecule has 75 heavy (non-hydrogen) atoms. The van der Waals surface area contributed by atoms with E-state index in [4.69, 9.17) is 9.47 Å². The van der Waals surface area contributed by atoms with Gasteiger partial charge in [0.25, 0.3) is 0 Å². The van der Waals surface area contributed by atoms with Crippen molar-refractivity contribution < 1.29 is 14.3 Å². The predicted octanol–water partition coefficient (Wildman–Crippen LogP) is 19.2. The summed E-state index contributed by atoms with van der Waals surface area (Å²) in [5.74, 6) is 3.50. The van der Waals surface area contributed by atoms with Crippen LogP contribution in [0.1, 0.15) is 164 Å². The molecule has 1 saturated carbocycles. The maximum atomic E-state index is 13.9. The molecule has 1 atom stereocenters. The Labute approximate surface area is 447 Å². The zero-order valence-electron chi connectivity index (χ0n) is 45.5. The summed E-state index contributed by atoms with van der Waals surface area (Å²) in [6.45, 7) is 16.4. The number of rotatable bonds is 16. The average Bonchev–Trinajstić information content (AvgIpc) is 3.68. The summed E-state index contributed by atoms with van der Waals surface area (Å²) in [5.41, 5.74) is 18.8. The number of carbonyl (C=O) groups is 1. The number of ether oxygens (including phenoxy) is 2. The van der Waals surface area contributed by atoms with Gasteiger partial charge in [0.15, 0.2) is 11.4 Å². The number of Topliss-reactive ketones (excluding diaryl/α,β-unsaturated/α-hetero) is 1. The average molecular weight is 987 g/mol. The summed E-state index contributed by atoms with van der Waals surface area (Å²) in [6, 6.07) is 55.2. The van der Waals surface area contributed by atoms with Crippen molar-refractivity contribution in [3.63, 3.8) is 0 Å². The molecule has 0 radical (unpaired) electrons. The number of unbranched alkanes of at least 4 members (excludes halogenated alkanes) is 3. The molecule has 1 heterocycles. The van der Waals surface area contributed by atoms with Gasteiger partial charge in [0.2, 0.25) is 0 Å². The van der Waals surface area contributed by atoms with Crippen LogP contribution in [0.3, 0.4) is 0 Å². The van der Waals surface area contributed by atoms with Gasteiger partial charge in [-0.05, 0) is 162 Å². The Hall–Kier alpha value is -6.97. The Morgan fingerprint density at radius 3 is 1.97 bits per heavy atom. The topological polar surface area (TPSA) is 35.5 Å². The fraction of sp³-hybridized carbons (Fsp3) is 0.319. The molecule has 380 valence electrons. The highest BCUT2D eigenvalue weighted by Crippen LogP contribution is 2.59. The number of hydrogen-bond acceptors (Lipinski definition) is 3. The smallest absolute Gasteiger partial charge is 0.178 e. The summed E-state index contributed by atoms with van der Waals surface area (Å²) in [4.78, 5) is 13.9. The van der Waals surface area contributed by atoms with E-state index in [2.05, 4.69) is 200 Å². The summed E-state index contributed by atoms with van der Waals surface area (Å²) >= 11 is 0. The van der Waals surface area contributed by atoms with Gasteiger partial charge in [0.1, 0.15) is 11.5 Å². The second-order valence-corrected chi connectivity index (χ2v) is 22.9. The van der Waals surface area contributed by atoms with Crippen LogP contribution in [0.4, 0.5) is 0 Å². The highest BCUT2D eigenvalue weighted by atomic mass is 16.5. The van der Waals surface area contributed by atoms with Crippen molar-refractivity contribution in [2.45, 2.75) is 136 Å². The minimum absolute atomic E-state index is 0.129. The molecular formula is C72H74O3. The molecule has 0 saturated heterocycles. The first-order valence-corrected chi connectivity index (χ1v) is 28.2. The lowest BCUT2D eigenvalue weighted by molar-refractivity contribution is 0.0993. The molecule has 1 fully saturated rings. The first-order valence-electron chi connectivity index (χ1n) is 28.2. The Bertz CT molecular complexity index is 3400. The SMILES string of the molecule is CCCCCC1CCC(c2ccc(-c3ccc(C(=O)Cc4ccc(-c5ccc6c7c(c8c(c6c5)-c5ccc(C)cc5C8(C)C)C=CC(c5ccc(C)cc5)(c5ccc(OCCCC)cc5)O7)c(C)c4)cc3)cc2)CC1. The van der Waals surface area contributed by atoms with Gasteiger partial charge in [-0.3, -0.25) is 4.79 Å². The molecule has 8 aromatic carbocycles. The molecule has 0 N–H and O–H groups in total. The van der Waals surface area contributed by atoms with Gasteiger partial charge in [-0.15, -0.1) is 0 Å². The number of carbonyl (C=O) groups excluding carboxylic acids is 1. The monoisotopic (exact) mass is 987 g/mol. The summed E-state index contributed by atoms with van der Waals surface area (Å²) in [6.07, 6.45) is 17.9. The van der Waals surface area contributed by atoms with Crippen molar-refractivity contribution in [3.05, 3.63) is 219 Å². The third-order valence-corrected chi connectivity index (χ3v) is 17.3. The lowest BCUT2D eigenvalue weighted by atomic mass is 9.76. The van der Waals surface area contributed by atoms with E-state index in [9.17, 15) is 4.79 Å². The van der Waals surface area contributed by atoms with Crippen LogP contribution in [-0.2, 0) is 17.4 Å². The van der Waals surface area contributed by atoms with E-state index in [1.807, 2.05) is 12.1 Å². The van der Waals surface area contributed by atoms with Gasteiger partial charge in [-0.2, -0.15) is 0 Å². The van der Waals surface area contributed by atoms with Crippen LogP contribution in [0.5, 0.6) is 11.5 Å². The second-order valence-electron chi connectivity index (χ2n) is 22.9. The van der Waals surface area contributed by atoms with Crippen molar-refractivity contribution in [2.24, 2.45) is 5.92 Å². The zero-order chi connectivity index (χ0) is 51.8. The minimum atomic E-state index is -0.876. The van der Waals surface area contributed by atoms with Gasteiger partial charge in [0, 0.05) is 39.5 Å². The number of aryl methyl sites for hydroxylation is 3. The fourth-order valence-corrected chi connectivity index (χ4v) is 12.9. The molecule has 0 spiro atoms. The van der Waals surface area contributed by atoms with Crippen LogP contribution in [0.25, 0.3) is 50.2 Å². The largest absolute Gasteiger partial charge is 0.494 e. The van der Waals surface area contributed by atoms with Crippen molar-refractivity contribution in [2.75, 3.05) is 6.61 Å². The van der Waals surface area contributed by atoms with E-state index >= 15 is 0 Å². The van der Waals surface area contributed by atoms with E-state index in [1.165, 1.54) is 101 Å². The second kappa shape index (κ2) is 21.0. The lowest BCUT2D eigenvalue weighted by Crippen LogP contribution is -2.35. The molecule has 2 aliphatic carbocycles. The van der Waals surface area contributed by atoms with E-state index in [-0.39, 0.29) is 11.2 Å². The Morgan fingerprint density at radius 2 is 1.28 bits per heavy atom. The normalized spacial score (nSPS) is 18.3. The first-order chi connectivity index (χ1) is 36.4. The van der Waals surface area contributed by atoms with Gasteiger partial charge in [0.05, 0.1) is 6.61 Å². The van der Waals surface area contributed by atoms with Gasteiger partial charge in [-0.1, -0.05) is 204 Å². The summed E-state index contributed by atoms with van der Waals surface area (Å²) in [7, 11) is 0. The van der Waals surface area contributed by atoms with Crippen LogP contribution in [0, 0.1) is 26.7 Å². The van der Waals surface area contributed by atoms with Crippen LogP contribution < -0.4 is 9.47 Å². The Kier molecular flexibility index (Phi) is 14.0. The summed E-state index contributed by atoms with van der Waals surface area (Å²) in [5, 5.41) is 2.27. The number of ketones is 1. The van der Waals surface area contributed by atoms with Crippen molar-refractivity contribution in [1.82, 2.24) is 0 Å². The molecule has 0 aromatic heterocycles. The molecule has 1 unspecified atom stereocenters. The van der Waals surface area contributed by atoms with Gasteiger partial charge in [-0.25, -0.2) is 0 Å². The maximum absolute atomic E-state index is 13.9. The molecule has 8 aromatic rings. The minimum Gasteiger partial charge on any atom is -0.494 e. The highest BCUT2D eigenvalue weighted by Gasteiger charge is 2.44. The van der Waals surface area contributed by atoms with Crippen LogP contribution in [-0.4, -0.2) is 12.4 Å². The Morgan fingerprint density at radius 1 is 0.627 bits per heavy atom. The van der Waals surface area contributed by atoms with Gasteiger partial charge >= 0.3 is 0 Å². The fourth-order valence-electron chi connectivity index (χ4n) is 12.9. The van der Waals surface area contributed by atoms with E-state index in [0.717, 1.165) is 85.7 Å². The predicted molar refractivity (Wildman–Crippen MR) is 314 cm³/mol. The zero-order valence-corrected chi connectivity index (χ0v) is 45.5. The van der Waals surface area contributed by atoms with E-state index in [0.29, 0.717) is 18.9 Å². The van der Waals surface area contributed by atoms with Crippen LogP contribution >= 0.6 is 0 Å². The molecule has 0 bridgehead atoms. The van der Waals surface area contributed by atoms with Crippen LogP contribution in [0.2, 0.25) is 0 Å². The van der Waals surface area contributed by atoms with Crippen molar-refractivity contribution in [3.8, 4) is 44.9 Å². The van der Waals surface area contributed by atoms with E-state index < -0.39 is 5.60 Å². The maximum Gasteiger partial charge on any atom is 0.178 e. The van der Waals surface area contributed by atoms with Crippen LogP contribution in [0.15, 0.2) is 158 Å². The van der Waals surface area contributed by atoms with Gasteiger partial charge < -0.3 is 9.47 Å². The van der Waals surface area contributed by atoms with Crippen molar-refractivity contribution in [1.29, 1.82) is 0 Å². The quantitative estimate of drug-likeness (QED) is 0.0715. The number of fused-ring (bicyclic) bond motifs is 8. The molecule has 3 heteroatoms. The number of hydrogen-bond donors (Lipinski definition) is 0. The molecular weight excluding hydrogens is 913 g/mol. The molecule has 0 amide bonds. The number of benzene rings is 8. The molecule has 3 nitrogen and oxygen atoms in total. The third-order valence-electron chi connectivity index (χ3n) is 17.3. The highest BCUT2D eigenvalue weighted by molar-refractivity contribution is 6.10. The molecule has 1 aliphatic heterocycles. The third kappa shape index (κ3) is 9.69.